The molecular formula is C21H19ClN2O. The highest BCUT2D eigenvalue weighted by molar-refractivity contribution is 6.31. The van der Waals surface area contributed by atoms with Gasteiger partial charge in [-0.2, -0.15) is 5.26 Å². The van der Waals surface area contributed by atoms with Crippen molar-refractivity contribution in [2.24, 2.45) is 0 Å². The van der Waals surface area contributed by atoms with Crippen LogP contribution in [0.25, 0.3) is 6.08 Å². The van der Waals surface area contributed by atoms with Gasteiger partial charge in [0.2, 0.25) is 5.91 Å². The van der Waals surface area contributed by atoms with Crippen LogP contribution in [-0.2, 0) is 11.3 Å². The van der Waals surface area contributed by atoms with Crippen molar-refractivity contribution < 1.29 is 4.79 Å². The van der Waals surface area contributed by atoms with E-state index < -0.39 is 0 Å². The average Bonchev–Trinajstić information content (AvgIpc) is 2.62. The van der Waals surface area contributed by atoms with Gasteiger partial charge in [-0.1, -0.05) is 41.9 Å². The number of amides is 1. The molecule has 25 heavy (non-hydrogen) atoms. The molecule has 1 amide bonds. The molecule has 0 fully saturated rings. The summed E-state index contributed by atoms with van der Waals surface area (Å²) in [5.74, 6) is -0.110. The summed E-state index contributed by atoms with van der Waals surface area (Å²) in [7, 11) is 0. The van der Waals surface area contributed by atoms with E-state index in [1.54, 1.807) is 29.2 Å². The number of aryl methyl sites for hydroxylation is 1. The van der Waals surface area contributed by atoms with Gasteiger partial charge in [-0.3, -0.25) is 4.79 Å². The summed E-state index contributed by atoms with van der Waals surface area (Å²) in [4.78, 5) is 14.2. The number of carbonyl (C=O) groups excluding carboxylic acids is 1. The van der Waals surface area contributed by atoms with Crippen molar-refractivity contribution in [2.75, 3.05) is 6.54 Å². The molecule has 0 aliphatic heterocycles. The fourth-order valence-electron chi connectivity index (χ4n) is 2.28. The quantitative estimate of drug-likeness (QED) is 0.557. The van der Waals surface area contributed by atoms with Crippen LogP contribution in [-0.4, -0.2) is 17.4 Å². The predicted octanol–water partition coefficient (Wildman–Crippen LogP) is 4.75. The Bertz CT molecular complexity index is 832. The Morgan fingerprint density at radius 2 is 2.00 bits per heavy atom. The molecule has 0 spiro atoms. The summed E-state index contributed by atoms with van der Waals surface area (Å²) < 4.78 is 0. The zero-order valence-electron chi connectivity index (χ0n) is 14.1. The average molecular weight is 351 g/mol. The number of nitriles is 1. The van der Waals surface area contributed by atoms with E-state index in [4.69, 9.17) is 16.9 Å². The van der Waals surface area contributed by atoms with Gasteiger partial charge in [0.15, 0.2) is 0 Å². The first kappa shape index (κ1) is 18.5. The fourth-order valence-corrected chi connectivity index (χ4v) is 2.47. The Morgan fingerprint density at radius 1 is 1.28 bits per heavy atom. The highest BCUT2D eigenvalue weighted by atomic mass is 35.5. The van der Waals surface area contributed by atoms with Crippen molar-refractivity contribution >= 4 is 23.6 Å². The summed E-state index contributed by atoms with van der Waals surface area (Å²) in [5, 5.41) is 9.53. The van der Waals surface area contributed by atoms with Gasteiger partial charge in [-0.05, 0) is 47.9 Å². The molecule has 0 aromatic heterocycles. The van der Waals surface area contributed by atoms with Gasteiger partial charge in [0.05, 0.1) is 11.6 Å². The molecule has 0 atom stereocenters. The Morgan fingerprint density at radius 3 is 2.60 bits per heavy atom. The molecule has 0 saturated heterocycles. The van der Waals surface area contributed by atoms with Crippen LogP contribution in [0.5, 0.6) is 0 Å². The smallest absolute Gasteiger partial charge is 0.247 e. The number of nitrogens with zero attached hydrogens (tertiary/aromatic N) is 2. The number of benzene rings is 2. The topological polar surface area (TPSA) is 44.1 Å². The van der Waals surface area contributed by atoms with E-state index in [0.29, 0.717) is 23.7 Å². The van der Waals surface area contributed by atoms with Gasteiger partial charge in [0.1, 0.15) is 0 Å². The largest absolute Gasteiger partial charge is 0.331 e. The number of halogens is 1. The monoisotopic (exact) mass is 350 g/mol. The van der Waals surface area contributed by atoms with Gasteiger partial charge < -0.3 is 4.90 Å². The third-order valence-corrected chi connectivity index (χ3v) is 4.14. The number of hydrogen-bond acceptors (Lipinski definition) is 2. The van der Waals surface area contributed by atoms with E-state index in [1.165, 1.54) is 6.08 Å². The summed E-state index contributed by atoms with van der Waals surface area (Å²) >= 11 is 6.11. The lowest BCUT2D eigenvalue weighted by molar-refractivity contribution is -0.126. The summed E-state index contributed by atoms with van der Waals surface area (Å²) in [6, 6.07) is 15.0. The molecule has 0 unspecified atom stereocenters. The minimum atomic E-state index is -0.110. The summed E-state index contributed by atoms with van der Waals surface area (Å²) in [6.45, 7) is 6.54. The molecule has 2 rings (SSSR count). The van der Waals surface area contributed by atoms with Crippen molar-refractivity contribution in [3.05, 3.63) is 88.5 Å². The third-order valence-electron chi connectivity index (χ3n) is 3.73. The molecule has 0 bridgehead atoms. The van der Waals surface area contributed by atoms with Crippen LogP contribution in [0.2, 0.25) is 5.02 Å². The Hall–Kier alpha value is -2.83. The third kappa shape index (κ3) is 5.34. The number of carbonyl (C=O) groups is 1. The van der Waals surface area contributed by atoms with E-state index in [0.717, 1.165) is 16.7 Å². The lowest BCUT2D eigenvalue weighted by Crippen LogP contribution is -2.29. The standard InChI is InChI=1S/C21H19ClN2O/c1-3-12-24(15-19-8-6-18(14-23)7-9-19)21(25)11-10-17-5-4-16(2)20(22)13-17/h3-11,13H,1,12,15H2,2H3/b11-10+. The zero-order valence-corrected chi connectivity index (χ0v) is 14.8. The molecule has 126 valence electrons. The van der Waals surface area contributed by atoms with Crippen molar-refractivity contribution in [3.8, 4) is 6.07 Å². The second-order valence-electron chi connectivity index (χ2n) is 5.66. The Labute approximate surface area is 153 Å². The maximum Gasteiger partial charge on any atom is 0.247 e. The molecule has 0 aliphatic carbocycles. The Kier molecular flexibility index (Phi) is 6.56. The van der Waals surface area contributed by atoms with Crippen molar-refractivity contribution in [1.29, 1.82) is 5.26 Å². The van der Waals surface area contributed by atoms with Gasteiger partial charge in [-0.15, -0.1) is 6.58 Å². The van der Waals surface area contributed by atoms with E-state index in [9.17, 15) is 4.79 Å². The molecule has 3 nitrogen and oxygen atoms in total. The first-order chi connectivity index (χ1) is 12.0. The highest BCUT2D eigenvalue weighted by Crippen LogP contribution is 2.17. The van der Waals surface area contributed by atoms with Crippen molar-refractivity contribution in [1.82, 2.24) is 4.90 Å². The molecule has 0 heterocycles. The molecule has 0 radical (unpaired) electrons. The van der Waals surface area contributed by atoms with Crippen LogP contribution in [0.15, 0.2) is 61.2 Å². The fraction of sp³-hybridized carbons (Fsp3) is 0.143. The first-order valence-corrected chi connectivity index (χ1v) is 8.24. The lowest BCUT2D eigenvalue weighted by atomic mass is 10.1. The van der Waals surface area contributed by atoms with E-state index >= 15 is 0 Å². The van der Waals surface area contributed by atoms with Crippen molar-refractivity contribution in [3.63, 3.8) is 0 Å². The maximum absolute atomic E-state index is 12.5. The Balaban J connectivity index is 2.10. The molecule has 0 N–H and O–H groups in total. The minimum absolute atomic E-state index is 0.110. The highest BCUT2D eigenvalue weighted by Gasteiger charge is 2.10. The van der Waals surface area contributed by atoms with Crippen LogP contribution in [0.3, 0.4) is 0 Å². The molecular weight excluding hydrogens is 332 g/mol. The van der Waals surface area contributed by atoms with Crippen LogP contribution in [0, 0.1) is 18.3 Å². The minimum Gasteiger partial charge on any atom is -0.331 e. The predicted molar refractivity (Wildman–Crippen MR) is 102 cm³/mol. The second kappa shape index (κ2) is 8.86. The van der Waals surface area contributed by atoms with E-state index in [-0.39, 0.29) is 5.91 Å². The van der Waals surface area contributed by atoms with Gasteiger partial charge in [-0.25, -0.2) is 0 Å². The molecule has 2 aromatic rings. The van der Waals surface area contributed by atoms with Gasteiger partial charge in [0, 0.05) is 24.2 Å². The van der Waals surface area contributed by atoms with Crippen molar-refractivity contribution in [2.45, 2.75) is 13.5 Å². The second-order valence-corrected chi connectivity index (χ2v) is 6.07. The summed E-state index contributed by atoms with van der Waals surface area (Å²) in [5.41, 5.74) is 3.43. The zero-order chi connectivity index (χ0) is 18.2. The van der Waals surface area contributed by atoms with E-state index in [1.807, 2.05) is 37.3 Å². The molecule has 4 heteroatoms. The molecule has 0 saturated carbocycles. The molecule has 0 aliphatic rings. The maximum atomic E-state index is 12.5. The van der Waals surface area contributed by atoms with Crippen LogP contribution in [0.1, 0.15) is 22.3 Å². The van der Waals surface area contributed by atoms with Gasteiger partial charge >= 0.3 is 0 Å². The normalized spacial score (nSPS) is 10.4. The first-order valence-electron chi connectivity index (χ1n) is 7.86. The lowest BCUT2D eigenvalue weighted by Gasteiger charge is -2.19. The summed E-state index contributed by atoms with van der Waals surface area (Å²) in [6.07, 6.45) is 4.98. The number of hydrogen-bond donors (Lipinski definition) is 0. The molecule has 2 aromatic carbocycles. The van der Waals surface area contributed by atoms with E-state index in [2.05, 4.69) is 12.6 Å². The number of rotatable bonds is 6. The van der Waals surface area contributed by atoms with Crippen LogP contribution >= 0.6 is 11.6 Å². The van der Waals surface area contributed by atoms with Crippen LogP contribution in [0.4, 0.5) is 0 Å². The van der Waals surface area contributed by atoms with Crippen LogP contribution < -0.4 is 0 Å². The van der Waals surface area contributed by atoms with Gasteiger partial charge in [0.25, 0.3) is 0 Å². The SMILES string of the molecule is C=CCN(Cc1ccc(C#N)cc1)C(=O)/C=C/c1ccc(C)c(Cl)c1.